The van der Waals surface area contributed by atoms with Crippen molar-refractivity contribution in [2.75, 3.05) is 31.1 Å². The summed E-state index contributed by atoms with van der Waals surface area (Å²) >= 11 is 0. The van der Waals surface area contributed by atoms with Gasteiger partial charge >= 0.3 is 0 Å². The molecule has 2 N–H and O–H groups in total. The number of hydrogen-bond acceptors (Lipinski definition) is 7. The fourth-order valence-electron chi connectivity index (χ4n) is 5.36. The molecule has 38 heavy (non-hydrogen) atoms. The summed E-state index contributed by atoms with van der Waals surface area (Å²) in [6.07, 6.45) is 2.12. The maximum Gasteiger partial charge on any atom is 0.268 e. The third-order valence-electron chi connectivity index (χ3n) is 7.12. The third-order valence-corrected chi connectivity index (χ3v) is 8.87. The van der Waals surface area contributed by atoms with E-state index >= 15 is 0 Å². The van der Waals surface area contributed by atoms with Gasteiger partial charge in [-0.25, -0.2) is 22.5 Å². The number of nitrogens with zero attached hydrogens (tertiary/aromatic N) is 2. The molecule has 0 aliphatic carbocycles. The number of pyridine rings is 1. The van der Waals surface area contributed by atoms with Gasteiger partial charge in [0.15, 0.2) is 0 Å². The molecule has 0 radical (unpaired) electrons. The molecule has 2 aliphatic rings. The zero-order valence-electron chi connectivity index (χ0n) is 22.9. The Morgan fingerprint density at radius 3 is 2.68 bits per heavy atom. The highest BCUT2D eigenvalue weighted by Crippen LogP contribution is 2.38. The minimum absolute atomic E-state index is 0.177. The van der Waals surface area contributed by atoms with Crippen molar-refractivity contribution in [3.8, 4) is 17.0 Å². The molecule has 3 heterocycles. The molecule has 1 amide bonds. The molecule has 0 bridgehead atoms. The molecule has 2 fully saturated rings. The van der Waals surface area contributed by atoms with E-state index in [2.05, 4.69) is 35.7 Å². The molecule has 0 spiro atoms. The SMILES string of the molecule is CC(C)COc1cc(F)cc(-c2ccc(C(=O)NS(=O)(=O)C3CCCNC3)c(N3C[C@@H](C)CC3(C)C)n2)c1. The van der Waals surface area contributed by atoms with Crippen LogP contribution in [-0.4, -0.2) is 56.3 Å². The zero-order valence-corrected chi connectivity index (χ0v) is 23.7. The van der Waals surface area contributed by atoms with Crippen molar-refractivity contribution < 1.29 is 22.3 Å². The predicted molar refractivity (Wildman–Crippen MR) is 147 cm³/mol. The van der Waals surface area contributed by atoms with Crippen molar-refractivity contribution in [3.63, 3.8) is 0 Å². The van der Waals surface area contributed by atoms with E-state index in [1.807, 2.05) is 13.8 Å². The summed E-state index contributed by atoms with van der Waals surface area (Å²) in [5.41, 5.74) is 0.860. The highest BCUT2D eigenvalue weighted by molar-refractivity contribution is 7.90. The van der Waals surface area contributed by atoms with Crippen LogP contribution in [0.1, 0.15) is 64.2 Å². The summed E-state index contributed by atoms with van der Waals surface area (Å²) < 4.78 is 48.6. The lowest BCUT2D eigenvalue weighted by molar-refractivity contribution is 0.0981. The monoisotopic (exact) mass is 546 g/mol. The van der Waals surface area contributed by atoms with Gasteiger partial charge in [0.2, 0.25) is 10.0 Å². The number of ether oxygens (including phenoxy) is 1. The average Bonchev–Trinajstić information content (AvgIpc) is 3.13. The van der Waals surface area contributed by atoms with E-state index in [0.717, 1.165) is 19.4 Å². The minimum Gasteiger partial charge on any atom is -0.493 e. The number of sulfonamides is 1. The van der Waals surface area contributed by atoms with Crippen molar-refractivity contribution >= 4 is 21.7 Å². The van der Waals surface area contributed by atoms with Gasteiger partial charge in [-0.3, -0.25) is 4.79 Å². The summed E-state index contributed by atoms with van der Waals surface area (Å²) in [4.78, 5) is 20.3. The number of nitrogens with one attached hydrogen (secondary N) is 2. The molecular weight excluding hydrogens is 507 g/mol. The molecule has 1 unspecified atom stereocenters. The Kier molecular flexibility index (Phi) is 8.32. The van der Waals surface area contributed by atoms with E-state index in [1.54, 1.807) is 18.2 Å². The molecule has 2 aromatic rings. The van der Waals surface area contributed by atoms with Crippen LogP contribution in [0.5, 0.6) is 5.75 Å². The quantitative estimate of drug-likeness (QED) is 0.507. The largest absolute Gasteiger partial charge is 0.493 e. The summed E-state index contributed by atoms with van der Waals surface area (Å²) in [7, 11) is -3.87. The van der Waals surface area contributed by atoms with Gasteiger partial charge in [-0.05, 0) is 75.8 Å². The second-order valence-electron chi connectivity index (χ2n) is 11.6. The van der Waals surface area contributed by atoms with E-state index in [-0.39, 0.29) is 17.0 Å². The third kappa shape index (κ3) is 6.46. The van der Waals surface area contributed by atoms with Crippen molar-refractivity contribution in [1.82, 2.24) is 15.0 Å². The van der Waals surface area contributed by atoms with Crippen LogP contribution in [0.15, 0.2) is 30.3 Å². The molecule has 2 aliphatic heterocycles. The summed E-state index contributed by atoms with van der Waals surface area (Å²) in [5, 5.41) is 2.41. The summed E-state index contributed by atoms with van der Waals surface area (Å²) in [6.45, 7) is 12.5. The smallest absolute Gasteiger partial charge is 0.268 e. The number of halogens is 1. The van der Waals surface area contributed by atoms with Crippen LogP contribution in [0, 0.1) is 17.7 Å². The van der Waals surface area contributed by atoms with Gasteiger partial charge in [-0.2, -0.15) is 0 Å². The Morgan fingerprint density at radius 1 is 1.29 bits per heavy atom. The van der Waals surface area contributed by atoms with Gasteiger partial charge in [-0.1, -0.05) is 20.8 Å². The Morgan fingerprint density at radius 2 is 2.05 bits per heavy atom. The van der Waals surface area contributed by atoms with Crippen LogP contribution in [0.4, 0.5) is 10.2 Å². The lowest BCUT2D eigenvalue weighted by atomic mass is 9.97. The number of aromatic nitrogens is 1. The highest BCUT2D eigenvalue weighted by atomic mass is 32.2. The van der Waals surface area contributed by atoms with Gasteiger partial charge < -0.3 is 15.0 Å². The lowest BCUT2D eigenvalue weighted by Crippen LogP contribution is -2.46. The molecule has 4 rings (SSSR count). The first kappa shape index (κ1) is 28.3. The highest BCUT2D eigenvalue weighted by Gasteiger charge is 2.39. The molecule has 8 nitrogen and oxygen atoms in total. The molecular formula is C28H39FN4O4S. The summed E-state index contributed by atoms with van der Waals surface area (Å²) in [6, 6.07) is 7.66. The van der Waals surface area contributed by atoms with Crippen LogP contribution in [0.2, 0.25) is 0 Å². The first-order chi connectivity index (χ1) is 17.9. The standard InChI is InChI=1S/C28H39FN4O4S/c1-18(2)17-37-22-12-20(11-21(29)13-22)25-9-8-24(26(31-25)33-16-19(3)14-28(33,4)5)27(34)32-38(35,36)23-7-6-10-30-15-23/h8-9,11-13,18-19,23,30H,6-7,10,14-17H2,1-5H3,(H,32,34)/t19-,23?/m0/s1. The van der Waals surface area contributed by atoms with Crippen molar-refractivity contribution in [3.05, 3.63) is 41.7 Å². The first-order valence-corrected chi connectivity index (χ1v) is 14.9. The van der Waals surface area contributed by atoms with Crippen molar-refractivity contribution in [2.24, 2.45) is 11.8 Å². The number of piperidine rings is 1. The normalized spacial score (nSPS) is 21.5. The van der Waals surface area contributed by atoms with Gasteiger partial charge in [0.25, 0.3) is 5.91 Å². The van der Waals surface area contributed by atoms with E-state index in [1.165, 1.54) is 12.1 Å². The number of anilines is 1. The Bertz CT molecular complexity index is 1280. The van der Waals surface area contributed by atoms with Crippen LogP contribution in [0.3, 0.4) is 0 Å². The van der Waals surface area contributed by atoms with Crippen LogP contribution < -0.4 is 19.7 Å². The molecule has 2 atom stereocenters. The molecule has 208 valence electrons. The van der Waals surface area contributed by atoms with Gasteiger partial charge in [0, 0.05) is 30.3 Å². The predicted octanol–water partition coefficient (Wildman–Crippen LogP) is 4.36. The number of amides is 1. The average molecular weight is 547 g/mol. The van der Waals surface area contributed by atoms with Gasteiger partial charge in [-0.15, -0.1) is 0 Å². The van der Waals surface area contributed by atoms with Crippen LogP contribution in [0.25, 0.3) is 11.3 Å². The van der Waals surface area contributed by atoms with Crippen molar-refractivity contribution in [2.45, 2.75) is 64.7 Å². The fourth-order valence-corrected chi connectivity index (χ4v) is 6.71. The number of carbonyl (C=O) groups is 1. The second kappa shape index (κ2) is 11.2. The topological polar surface area (TPSA) is 101 Å². The zero-order chi connectivity index (χ0) is 27.7. The summed E-state index contributed by atoms with van der Waals surface area (Å²) in [5.74, 6) is 0.272. The van der Waals surface area contributed by atoms with E-state index in [0.29, 0.717) is 54.9 Å². The molecule has 10 heteroatoms. The van der Waals surface area contributed by atoms with E-state index in [9.17, 15) is 17.6 Å². The Hall–Kier alpha value is -2.72. The number of hydrogen-bond donors (Lipinski definition) is 2. The Balaban J connectivity index is 1.72. The Labute approximate surface area is 225 Å². The maximum atomic E-state index is 14.5. The fraction of sp³-hybridized carbons (Fsp3) is 0.571. The second-order valence-corrected chi connectivity index (χ2v) is 13.6. The lowest BCUT2D eigenvalue weighted by Gasteiger charge is -2.34. The van der Waals surface area contributed by atoms with Crippen LogP contribution in [-0.2, 0) is 10.0 Å². The van der Waals surface area contributed by atoms with Gasteiger partial charge in [0.05, 0.1) is 23.1 Å². The van der Waals surface area contributed by atoms with Gasteiger partial charge in [0.1, 0.15) is 17.4 Å². The van der Waals surface area contributed by atoms with E-state index < -0.39 is 27.0 Å². The molecule has 1 aromatic heterocycles. The van der Waals surface area contributed by atoms with Crippen molar-refractivity contribution in [1.29, 1.82) is 0 Å². The molecule has 0 saturated carbocycles. The number of carbonyl (C=O) groups excluding carboxylic acids is 1. The maximum absolute atomic E-state index is 14.5. The minimum atomic E-state index is -3.87. The molecule has 2 saturated heterocycles. The van der Waals surface area contributed by atoms with Crippen LogP contribution >= 0.6 is 0 Å². The van der Waals surface area contributed by atoms with E-state index in [4.69, 9.17) is 9.72 Å². The number of benzene rings is 1. The molecule has 1 aromatic carbocycles. The first-order valence-electron chi connectivity index (χ1n) is 13.3. The number of rotatable bonds is 8.